The first-order chi connectivity index (χ1) is 10.7. The van der Waals surface area contributed by atoms with Crippen molar-refractivity contribution in [1.29, 1.82) is 0 Å². The first kappa shape index (κ1) is 19.4. The summed E-state index contributed by atoms with van der Waals surface area (Å²) < 4.78 is 1.26. The predicted molar refractivity (Wildman–Crippen MR) is 96.0 cm³/mol. The molecular formula is C17H21BN3O3. The number of phenolic OH excluding ortho intramolecular Hbond substituents is 1. The molecule has 3 radical (unpaired) electrons. The maximum atomic E-state index is 12.9. The molecule has 1 aromatic carbocycles. The van der Waals surface area contributed by atoms with Crippen LogP contribution in [0.3, 0.4) is 0 Å². The molecule has 0 fully saturated rings. The van der Waals surface area contributed by atoms with Crippen molar-refractivity contribution < 1.29 is 9.90 Å². The van der Waals surface area contributed by atoms with Gasteiger partial charge in [-0.15, -0.1) is 0 Å². The number of benzene rings is 1. The fourth-order valence-electron chi connectivity index (χ4n) is 2.65. The molecule has 0 aliphatic rings. The number of hydrogen-bond acceptors (Lipinski definition) is 4. The molecule has 0 aliphatic carbocycles. The Morgan fingerprint density at radius 3 is 2.33 bits per heavy atom. The summed E-state index contributed by atoms with van der Waals surface area (Å²) in [5.74, 6) is -0.782. The molecule has 1 aromatic heterocycles. The van der Waals surface area contributed by atoms with Gasteiger partial charge in [0.2, 0.25) is 0 Å². The summed E-state index contributed by atoms with van der Waals surface area (Å²) in [7, 11) is 0. The number of hydrogen-bond donors (Lipinski definition) is 3. The lowest BCUT2D eigenvalue weighted by atomic mass is 10.0. The van der Waals surface area contributed by atoms with Crippen LogP contribution in [-0.4, -0.2) is 24.0 Å². The van der Waals surface area contributed by atoms with E-state index >= 15 is 0 Å². The van der Waals surface area contributed by atoms with Gasteiger partial charge in [-0.25, -0.2) is 0 Å². The lowest BCUT2D eigenvalue weighted by Gasteiger charge is -2.20. The van der Waals surface area contributed by atoms with Gasteiger partial charge >= 0.3 is 0 Å². The molecular weight excluding hydrogens is 305 g/mol. The highest BCUT2D eigenvalue weighted by Crippen LogP contribution is 2.29. The van der Waals surface area contributed by atoms with Gasteiger partial charge in [-0.2, -0.15) is 0 Å². The van der Waals surface area contributed by atoms with Crippen molar-refractivity contribution in [3.05, 3.63) is 50.8 Å². The minimum atomic E-state index is -0.700. The number of primary amides is 1. The number of phenols is 1. The third kappa shape index (κ3) is 3.02. The fraction of sp³-hybridized carbons (Fsp3) is 0.294. The maximum absolute atomic E-state index is 12.9. The van der Waals surface area contributed by atoms with Gasteiger partial charge in [0.25, 0.3) is 11.5 Å². The second-order valence-corrected chi connectivity index (χ2v) is 5.93. The molecule has 0 saturated heterocycles. The summed E-state index contributed by atoms with van der Waals surface area (Å²) in [6.07, 6.45) is 0. The Bertz CT molecular complexity index is 857. The Morgan fingerprint density at radius 2 is 1.83 bits per heavy atom. The van der Waals surface area contributed by atoms with Crippen LogP contribution in [0.4, 0.5) is 5.82 Å². The highest BCUT2D eigenvalue weighted by Gasteiger charge is 2.21. The highest BCUT2D eigenvalue weighted by molar-refractivity contribution is 5.97. The number of carbonyl (C=O) groups excluding carboxylic acids is 1. The number of amides is 1. The summed E-state index contributed by atoms with van der Waals surface area (Å²) in [4.78, 5) is 24.6. The Labute approximate surface area is 142 Å². The fourth-order valence-corrected chi connectivity index (χ4v) is 2.65. The molecule has 1 heterocycles. The molecule has 0 unspecified atom stereocenters. The largest absolute Gasteiger partial charge is 0.508 e. The van der Waals surface area contributed by atoms with Crippen LogP contribution in [0.25, 0.3) is 5.69 Å². The van der Waals surface area contributed by atoms with Crippen molar-refractivity contribution >= 4 is 20.1 Å². The SMILES string of the molecule is Cc1ccc(O)c(C)c1-n1c(N)c(C(N)=O)cc(C(C)C)c1=O.[B]. The Hall–Kier alpha value is -2.70. The molecule has 125 valence electrons. The van der Waals surface area contributed by atoms with Gasteiger partial charge in [0.1, 0.15) is 11.6 Å². The topological polar surface area (TPSA) is 111 Å². The van der Waals surface area contributed by atoms with Crippen LogP contribution in [-0.2, 0) is 0 Å². The van der Waals surface area contributed by atoms with Crippen LogP contribution < -0.4 is 17.0 Å². The predicted octanol–water partition coefficient (Wildman–Crippen LogP) is 1.58. The smallest absolute Gasteiger partial charge is 0.260 e. The van der Waals surface area contributed by atoms with Crippen molar-refractivity contribution in [1.82, 2.24) is 4.57 Å². The van der Waals surface area contributed by atoms with E-state index in [-0.39, 0.29) is 37.0 Å². The normalized spacial score (nSPS) is 10.5. The van der Waals surface area contributed by atoms with Gasteiger partial charge in [-0.3, -0.25) is 14.2 Å². The average Bonchev–Trinajstić information content (AvgIpc) is 2.45. The van der Waals surface area contributed by atoms with E-state index in [2.05, 4.69) is 0 Å². The van der Waals surface area contributed by atoms with Crippen molar-refractivity contribution in [2.45, 2.75) is 33.6 Å². The standard InChI is InChI=1S/C17H21N3O3.B/c1-8(2)11-7-12(16(19)22)15(18)20(17(11)23)14-9(3)5-6-13(21)10(14)4;/h5-8,21H,18H2,1-4H3,(H2,19,22);. The van der Waals surface area contributed by atoms with E-state index in [1.54, 1.807) is 26.0 Å². The molecule has 7 heteroatoms. The molecule has 0 atom stereocenters. The zero-order valence-corrected chi connectivity index (χ0v) is 14.3. The van der Waals surface area contributed by atoms with Crippen molar-refractivity contribution in [2.75, 3.05) is 5.73 Å². The van der Waals surface area contributed by atoms with Crippen molar-refractivity contribution in [3.8, 4) is 11.4 Å². The van der Waals surface area contributed by atoms with Crippen LogP contribution in [0.5, 0.6) is 5.75 Å². The molecule has 2 aromatic rings. The van der Waals surface area contributed by atoms with Crippen molar-refractivity contribution in [3.63, 3.8) is 0 Å². The minimum absolute atomic E-state index is 0. The average molecular weight is 326 g/mol. The summed E-state index contributed by atoms with van der Waals surface area (Å²) >= 11 is 0. The van der Waals surface area contributed by atoms with E-state index in [1.807, 2.05) is 13.8 Å². The third-order valence-corrected chi connectivity index (χ3v) is 3.98. The Morgan fingerprint density at radius 1 is 1.25 bits per heavy atom. The second kappa shape index (κ2) is 6.82. The highest BCUT2D eigenvalue weighted by atomic mass is 16.3. The third-order valence-electron chi connectivity index (χ3n) is 3.98. The van der Waals surface area contributed by atoms with E-state index in [1.165, 1.54) is 10.6 Å². The van der Waals surface area contributed by atoms with Gasteiger partial charge in [0.15, 0.2) is 0 Å². The number of carbonyl (C=O) groups is 1. The molecule has 0 spiro atoms. The molecule has 6 nitrogen and oxygen atoms in total. The van der Waals surface area contributed by atoms with Crippen LogP contribution >= 0.6 is 0 Å². The summed E-state index contributed by atoms with van der Waals surface area (Å²) in [5, 5.41) is 9.98. The van der Waals surface area contributed by atoms with E-state index in [9.17, 15) is 14.7 Å². The van der Waals surface area contributed by atoms with Crippen LogP contribution in [0.1, 0.15) is 46.8 Å². The lowest BCUT2D eigenvalue weighted by Crippen LogP contribution is -2.30. The lowest BCUT2D eigenvalue weighted by molar-refractivity contribution is 0.100. The summed E-state index contributed by atoms with van der Waals surface area (Å²) in [6, 6.07) is 4.70. The van der Waals surface area contributed by atoms with Gasteiger partial charge in [-0.05, 0) is 37.5 Å². The summed E-state index contributed by atoms with van der Waals surface area (Å²) in [6.45, 7) is 7.20. The Balaban J connectivity index is 0.00000288. The number of aromatic nitrogens is 1. The minimum Gasteiger partial charge on any atom is -0.508 e. The van der Waals surface area contributed by atoms with Crippen LogP contribution in [0, 0.1) is 13.8 Å². The quantitative estimate of drug-likeness (QED) is 0.744. The zero-order valence-electron chi connectivity index (χ0n) is 14.3. The van der Waals surface area contributed by atoms with Crippen molar-refractivity contribution in [2.24, 2.45) is 5.73 Å². The zero-order chi connectivity index (χ0) is 17.5. The monoisotopic (exact) mass is 326 g/mol. The van der Waals surface area contributed by atoms with E-state index in [0.717, 1.165) is 5.56 Å². The number of nitrogen functional groups attached to an aromatic ring is 1. The van der Waals surface area contributed by atoms with Crippen LogP contribution in [0.15, 0.2) is 23.0 Å². The Kier molecular flexibility index (Phi) is 5.50. The maximum Gasteiger partial charge on any atom is 0.260 e. The van der Waals surface area contributed by atoms with Crippen LogP contribution in [0.2, 0.25) is 0 Å². The summed E-state index contributed by atoms with van der Waals surface area (Å²) in [5.41, 5.74) is 13.4. The second-order valence-electron chi connectivity index (χ2n) is 5.93. The van der Waals surface area contributed by atoms with Gasteiger partial charge in [0.05, 0.1) is 11.3 Å². The number of aryl methyl sites for hydroxylation is 1. The molecule has 2 rings (SSSR count). The number of pyridine rings is 1. The number of anilines is 1. The number of nitrogens with two attached hydrogens (primary N) is 2. The number of nitrogens with zero attached hydrogens (tertiary/aromatic N) is 1. The molecule has 0 saturated carbocycles. The molecule has 0 aliphatic heterocycles. The van der Waals surface area contributed by atoms with Gasteiger partial charge in [0, 0.05) is 19.5 Å². The number of rotatable bonds is 3. The van der Waals surface area contributed by atoms with Gasteiger partial charge < -0.3 is 16.6 Å². The van der Waals surface area contributed by atoms with E-state index in [4.69, 9.17) is 11.5 Å². The molecule has 1 amide bonds. The number of aromatic hydroxyl groups is 1. The first-order valence-electron chi connectivity index (χ1n) is 7.31. The molecule has 0 bridgehead atoms. The molecule has 24 heavy (non-hydrogen) atoms. The van der Waals surface area contributed by atoms with E-state index < -0.39 is 5.91 Å². The molecule has 5 N–H and O–H groups in total. The first-order valence-corrected chi connectivity index (χ1v) is 7.31. The van der Waals surface area contributed by atoms with Gasteiger partial charge in [-0.1, -0.05) is 19.9 Å². The van der Waals surface area contributed by atoms with E-state index in [0.29, 0.717) is 16.8 Å².